The molecule has 0 saturated carbocycles. The van der Waals surface area contributed by atoms with Crippen LogP contribution in [0.5, 0.6) is 0 Å². The minimum Gasteiger partial charge on any atom is -0.453 e. The van der Waals surface area contributed by atoms with E-state index in [0.717, 1.165) is 17.0 Å². The van der Waals surface area contributed by atoms with Crippen LogP contribution in [-0.2, 0) is 20.7 Å². The molecule has 146 valence electrons. The fourth-order valence-corrected chi connectivity index (χ4v) is 3.07. The van der Waals surface area contributed by atoms with Crippen LogP contribution in [0.1, 0.15) is 35.9 Å². The van der Waals surface area contributed by atoms with Crippen LogP contribution in [0.3, 0.4) is 0 Å². The number of anilines is 1. The lowest BCUT2D eigenvalue weighted by molar-refractivity contribution is -0.153. The highest BCUT2D eigenvalue weighted by Gasteiger charge is 2.19. The molecular formula is C20H22N4O3S. The van der Waals surface area contributed by atoms with E-state index in [0.29, 0.717) is 22.8 Å². The molecule has 0 bridgehead atoms. The van der Waals surface area contributed by atoms with Crippen molar-refractivity contribution in [2.75, 3.05) is 11.6 Å². The highest BCUT2D eigenvalue weighted by molar-refractivity contribution is 7.98. The first-order valence-electron chi connectivity index (χ1n) is 8.72. The largest absolute Gasteiger partial charge is 0.453 e. The lowest BCUT2D eigenvalue weighted by atomic mass is 10.1. The minimum absolute atomic E-state index is 0.130. The third-order valence-corrected chi connectivity index (χ3v) is 4.65. The molecule has 0 aliphatic carbocycles. The molecule has 0 unspecified atom stereocenters. The van der Waals surface area contributed by atoms with Gasteiger partial charge in [0.25, 0.3) is 5.91 Å². The Bertz CT molecular complexity index is 901. The predicted molar refractivity (Wildman–Crippen MR) is 107 cm³/mol. The highest BCUT2D eigenvalue weighted by atomic mass is 32.2. The maximum atomic E-state index is 12.2. The summed E-state index contributed by atoms with van der Waals surface area (Å²) in [4.78, 5) is 33.1. The molecule has 0 spiro atoms. The topological polar surface area (TPSA) is 105 Å². The number of rotatable bonds is 7. The highest BCUT2D eigenvalue weighted by Crippen LogP contribution is 2.17. The average molecular weight is 398 g/mol. The first kappa shape index (κ1) is 21.4. The van der Waals surface area contributed by atoms with Crippen molar-refractivity contribution in [2.24, 2.45) is 0 Å². The molecule has 0 aliphatic heterocycles. The maximum Gasteiger partial charge on any atom is 0.306 e. The number of amides is 1. The summed E-state index contributed by atoms with van der Waals surface area (Å²) in [6.07, 6.45) is 1.54. The standard InChI is InChI=1S/C20H22N4O3S/c1-12-17(13(2)23-20(22-12)28-4)8-9-18(25)27-14(3)19(26)24-16-7-5-6-15(10-16)11-21/h5-7,10,14H,8-9H2,1-4H3,(H,24,26)/t14-/m0/s1. The predicted octanol–water partition coefficient (Wildman–Crippen LogP) is 3.19. The molecule has 1 N–H and O–H groups in total. The molecule has 28 heavy (non-hydrogen) atoms. The smallest absolute Gasteiger partial charge is 0.306 e. The number of aryl methyl sites for hydroxylation is 2. The summed E-state index contributed by atoms with van der Waals surface area (Å²) in [5.74, 6) is -0.926. The SMILES string of the molecule is CSc1nc(C)c(CCC(=O)O[C@@H](C)C(=O)Nc2cccc(C#N)c2)c(C)n1. The molecule has 2 aromatic rings. The molecule has 0 aliphatic rings. The monoisotopic (exact) mass is 398 g/mol. The van der Waals surface area contributed by atoms with Crippen LogP contribution >= 0.6 is 11.8 Å². The van der Waals surface area contributed by atoms with E-state index in [-0.39, 0.29) is 6.42 Å². The summed E-state index contributed by atoms with van der Waals surface area (Å²) in [6, 6.07) is 8.52. The lowest BCUT2D eigenvalue weighted by Crippen LogP contribution is -2.30. The normalized spacial score (nSPS) is 11.4. The van der Waals surface area contributed by atoms with Crippen molar-refractivity contribution in [3.8, 4) is 6.07 Å². The van der Waals surface area contributed by atoms with Crippen molar-refractivity contribution in [3.63, 3.8) is 0 Å². The molecule has 7 nitrogen and oxygen atoms in total. The molecule has 1 heterocycles. The van der Waals surface area contributed by atoms with Gasteiger partial charge >= 0.3 is 5.97 Å². The second kappa shape index (κ2) is 9.85. The van der Waals surface area contributed by atoms with Gasteiger partial charge in [-0.05, 0) is 57.2 Å². The van der Waals surface area contributed by atoms with Gasteiger partial charge in [-0.15, -0.1) is 0 Å². The number of thioether (sulfide) groups is 1. The maximum absolute atomic E-state index is 12.2. The van der Waals surface area contributed by atoms with E-state index >= 15 is 0 Å². The molecule has 2 rings (SSSR count). The zero-order valence-corrected chi connectivity index (χ0v) is 17.1. The van der Waals surface area contributed by atoms with Crippen LogP contribution in [0.2, 0.25) is 0 Å². The lowest BCUT2D eigenvalue weighted by Gasteiger charge is -2.14. The number of hydrogen-bond acceptors (Lipinski definition) is 7. The van der Waals surface area contributed by atoms with Crippen molar-refractivity contribution in [2.45, 2.75) is 44.9 Å². The van der Waals surface area contributed by atoms with E-state index in [9.17, 15) is 9.59 Å². The summed E-state index contributed by atoms with van der Waals surface area (Å²) in [6.45, 7) is 5.29. The van der Waals surface area contributed by atoms with Crippen molar-refractivity contribution in [3.05, 3.63) is 46.8 Å². The van der Waals surface area contributed by atoms with Crippen LogP contribution in [0.4, 0.5) is 5.69 Å². The van der Waals surface area contributed by atoms with Crippen molar-refractivity contribution >= 4 is 29.3 Å². The first-order chi connectivity index (χ1) is 13.3. The van der Waals surface area contributed by atoms with Crippen LogP contribution < -0.4 is 5.32 Å². The van der Waals surface area contributed by atoms with Gasteiger partial charge in [0.1, 0.15) is 0 Å². The molecule has 8 heteroatoms. The number of esters is 1. The van der Waals surface area contributed by atoms with Crippen molar-refractivity contribution < 1.29 is 14.3 Å². The molecule has 1 aromatic carbocycles. The summed E-state index contributed by atoms with van der Waals surface area (Å²) in [5.41, 5.74) is 3.51. The summed E-state index contributed by atoms with van der Waals surface area (Å²) in [7, 11) is 0. The number of hydrogen-bond donors (Lipinski definition) is 1. The second-order valence-corrected chi connectivity index (χ2v) is 6.95. The van der Waals surface area contributed by atoms with Crippen LogP contribution in [-0.4, -0.2) is 34.2 Å². The Morgan fingerprint density at radius 1 is 1.29 bits per heavy atom. The Kier molecular flexibility index (Phi) is 7.52. The van der Waals surface area contributed by atoms with E-state index in [1.165, 1.54) is 18.7 Å². The van der Waals surface area contributed by atoms with Gasteiger partial charge in [0, 0.05) is 23.5 Å². The van der Waals surface area contributed by atoms with Gasteiger partial charge in [-0.1, -0.05) is 17.8 Å². The van der Waals surface area contributed by atoms with Gasteiger partial charge in [0.15, 0.2) is 11.3 Å². The van der Waals surface area contributed by atoms with Crippen LogP contribution in [0.25, 0.3) is 0 Å². The number of aromatic nitrogens is 2. The van der Waals surface area contributed by atoms with E-state index < -0.39 is 18.0 Å². The Labute approximate surface area is 168 Å². The fraction of sp³-hybridized carbons (Fsp3) is 0.350. The third kappa shape index (κ3) is 5.79. The number of nitrogens with zero attached hydrogens (tertiary/aromatic N) is 3. The van der Waals surface area contributed by atoms with Gasteiger partial charge in [0.05, 0.1) is 11.6 Å². The van der Waals surface area contributed by atoms with Crippen molar-refractivity contribution in [1.82, 2.24) is 9.97 Å². The van der Waals surface area contributed by atoms with E-state index in [1.807, 2.05) is 26.2 Å². The Hall–Kier alpha value is -2.92. The minimum atomic E-state index is -0.949. The van der Waals surface area contributed by atoms with Crippen molar-refractivity contribution in [1.29, 1.82) is 5.26 Å². The molecular weight excluding hydrogens is 376 g/mol. The quantitative estimate of drug-likeness (QED) is 0.434. The Morgan fingerprint density at radius 2 is 1.96 bits per heavy atom. The summed E-state index contributed by atoms with van der Waals surface area (Å²) in [5, 5.41) is 12.2. The number of nitrogens with one attached hydrogen (secondary N) is 1. The summed E-state index contributed by atoms with van der Waals surface area (Å²) >= 11 is 1.47. The van der Waals surface area contributed by atoms with E-state index in [1.54, 1.807) is 24.3 Å². The van der Waals surface area contributed by atoms with Crippen LogP contribution in [0.15, 0.2) is 29.4 Å². The summed E-state index contributed by atoms with van der Waals surface area (Å²) < 4.78 is 5.23. The fourth-order valence-electron chi connectivity index (χ4n) is 2.61. The molecule has 1 amide bonds. The van der Waals surface area contributed by atoms with Gasteiger partial charge in [-0.25, -0.2) is 9.97 Å². The molecule has 0 saturated heterocycles. The number of nitriles is 1. The Balaban J connectivity index is 1.90. The van der Waals surface area contributed by atoms with Gasteiger partial charge < -0.3 is 10.1 Å². The van der Waals surface area contributed by atoms with Gasteiger partial charge in [0.2, 0.25) is 0 Å². The third-order valence-electron chi connectivity index (χ3n) is 4.10. The molecule has 0 radical (unpaired) electrons. The second-order valence-electron chi connectivity index (χ2n) is 6.17. The van der Waals surface area contributed by atoms with Crippen LogP contribution in [0, 0.1) is 25.2 Å². The zero-order chi connectivity index (χ0) is 20.7. The number of carbonyl (C=O) groups is 2. The number of carbonyl (C=O) groups excluding carboxylic acids is 2. The first-order valence-corrected chi connectivity index (χ1v) is 9.95. The van der Waals surface area contributed by atoms with Gasteiger partial charge in [-0.2, -0.15) is 5.26 Å². The van der Waals surface area contributed by atoms with Gasteiger partial charge in [-0.3, -0.25) is 9.59 Å². The number of benzene rings is 1. The van der Waals surface area contributed by atoms with E-state index in [2.05, 4.69) is 15.3 Å². The van der Waals surface area contributed by atoms with E-state index in [4.69, 9.17) is 10.00 Å². The molecule has 0 fully saturated rings. The molecule has 1 atom stereocenters. The zero-order valence-electron chi connectivity index (χ0n) is 16.3. The number of ether oxygens (including phenoxy) is 1. The molecule has 1 aromatic heterocycles. The average Bonchev–Trinajstić information content (AvgIpc) is 2.67. The Morgan fingerprint density at radius 3 is 2.57 bits per heavy atom.